The second-order valence-electron chi connectivity index (χ2n) is 7.23. The van der Waals surface area contributed by atoms with Crippen molar-refractivity contribution in [3.8, 4) is 6.07 Å². The molecule has 1 amide bonds. The highest BCUT2D eigenvalue weighted by Gasteiger charge is 2.14. The third-order valence-electron chi connectivity index (χ3n) is 4.86. The van der Waals surface area contributed by atoms with Crippen molar-refractivity contribution in [3.63, 3.8) is 0 Å². The predicted molar refractivity (Wildman–Crippen MR) is 129 cm³/mol. The van der Waals surface area contributed by atoms with Crippen LogP contribution in [0, 0.1) is 11.3 Å². The van der Waals surface area contributed by atoms with Gasteiger partial charge in [-0.1, -0.05) is 24.3 Å². The largest absolute Gasteiger partial charge is 0.322 e. The zero-order chi connectivity index (χ0) is 23.3. The van der Waals surface area contributed by atoms with Crippen molar-refractivity contribution in [2.75, 3.05) is 11.9 Å². The second kappa shape index (κ2) is 9.92. The van der Waals surface area contributed by atoms with Crippen LogP contribution in [-0.4, -0.2) is 25.9 Å². The molecule has 0 bridgehead atoms. The van der Waals surface area contributed by atoms with E-state index < -0.39 is 10.0 Å². The lowest BCUT2D eigenvalue weighted by atomic mass is 10.1. The minimum absolute atomic E-state index is 0.0377. The van der Waals surface area contributed by atoms with E-state index in [0.717, 1.165) is 20.8 Å². The first-order valence-corrected chi connectivity index (χ1v) is 12.5. The highest BCUT2D eigenvalue weighted by atomic mass is 32.2. The fraction of sp³-hybridized carbons (Fsp3) is 0.125. The third-order valence-corrected chi connectivity index (χ3v) is 7.37. The van der Waals surface area contributed by atoms with Crippen LogP contribution >= 0.6 is 11.3 Å². The molecule has 9 heteroatoms. The molecule has 0 saturated heterocycles. The number of nitrogens with zero attached hydrogens (tertiary/aromatic N) is 2. The first-order chi connectivity index (χ1) is 15.9. The lowest BCUT2D eigenvalue weighted by molar-refractivity contribution is 0.102. The van der Waals surface area contributed by atoms with Gasteiger partial charge in [-0.2, -0.15) is 5.26 Å². The summed E-state index contributed by atoms with van der Waals surface area (Å²) in [4.78, 5) is 17.2. The lowest BCUT2D eigenvalue weighted by Gasteiger charge is -2.08. The second-order valence-corrected chi connectivity index (χ2v) is 10.1. The number of thiazole rings is 1. The number of hydrogen-bond donors (Lipinski definition) is 2. The van der Waals surface area contributed by atoms with Gasteiger partial charge in [0.1, 0.15) is 0 Å². The van der Waals surface area contributed by atoms with Crippen LogP contribution in [0.2, 0.25) is 0 Å². The summed E-state index contributed by atoms with van der Waals surface area (Å²) < 4.78 is 27.8. The Kier molecular flexibility index (Phi) is 6.79. The Morgan fingerprint density at radius 1 is 1.00 bits per heavy atom. The summed E-state index contributed by atoms with van der Waals surface area (Å²) in [5, 5.41) is 12.4. The normalized spacial score (nSPS) is 11.2. The molecule has 7 nitrogen and oxygen atoms in total. The molecule has 0 atom stereocenters. The van der Waals surface area contributed by atoms with E-state index in [2.05, 4.69) is 21.1 Å². The van der Waals surface area contributed by atoms with Gasteiger partial charge in [-0.25, -0.2) is 18.1 Å². The van der Waals surface area contributed by atoms with Gasteiger partial charge in [0.25, 0.3) is 5.91 Å². The Bertz CT molecular complexity index is 1390. The van der Waals surface area contributed by atoms with Crippen molar-refractivity contribution in [2.24, 2.45) is 0 Å². The van der Waals surface area contributed by atoms with Crippen LogP contribution in [0.5, 0.6) is 0 Å². The predicted octanol–water partition coefficient (Wildman–Crippen LogP) is 4.33. The number of fused-ring (bicyclic) bond motifs is 1. The van der Waals surface area contributed by atoms with E-state index >= 15 is 0 Å². The summed E-state index contributed by atoms with van der Waals surface area (Å²) >= 11 is 1.67. The summed E-state index contributed by atoms with van der Waals surface area (Å²) in [6.07, 6.45) is 0.797. The van der Waals surface area contributed by atoms with Gasteiger partial charge in [-0.3, -0.25) is 4.79 Å². The number of amides is 1. The number of para-hydroxylation sites is 1. The molecule has 2 N–H and O–H groups in total. The zero-order valence-electron chi connectivity index (χ0n) is 17.5. The third kappa shape index (κ3) is 5.62. The molecule has 0 unspecified atom stereocenters. The van der Waals surface area contributed by atoms with Gasteiger partial charge < -0.3 is 5.32 Å². The van der Waals surface area contributed by atoms with E-state index in [4.69, 9.17) is 5.26 Å². The number of sulfonamides is 1. The summed E-state index contributed by atoms with van der Waals surface area (Å²) in [5.41, 5.74) is 3.07. The topological polar surface area (TPSA) is 112 Å². The van der Waals surface area contributed by atoms with Gasteiger partial charge >= 0.3 is 0 Å². The van der Waals surface area contributed by atoms with Gasteiger partial charge in [0.2, 0.25) is 10.0 Å². The summed E-state index contributed by atoms with van der Waals surface area (Å²) in [7, 11) is -3.71. The van der Waals surface area contributed by atoms with E-state index in [9.17, 15) is 13.2 Å². The van der Waals surface area contributed by atoms with Crippen molar-refractivity contribution in [1.29, 1.82) is 5.26 Å². The molecule has 4 aromatic rings. The molecule has 33 heavy (non-hydrogen) atoms. The number of hydrogen-bond acceptors (Lipinski definition) is 6. The minimum Gasteiger partial charge on any atom is -0.322 e. The number of rotatable bonds is 8. The van der Waals surface area contributed by atoms with Crippen LogP contribution < -0.4 is 10.0 Å². The van der Waals surface area contributed by atoms with E-state index in [1.807, 2.05) is 48.5 Å². The first-order valence-electron chi connectivity index (χ1n) is 10.2. The van der Waals surface area contributed by atoms with Gasteiger partial charge in [0.05, 0.1) is 26.2 Å². The molecule has 0 spiro atoms. The molecule has 0 saturated carbocycles. The lowest BCUT2D eigenvalue weighted by Crippen LogP contribution is -2.24. The van der Waals surface area contributed by atoms with Crippen molar-refractivity contribution < 1.29 is 13.2 Å². The first kappa shape index (κ1) is 22.6. The SMILES string of the molecule is N#CCCNS(=O)(=O)c1ccc(C(=O)Nc2ccc(Cc3nc4ccccc4s3)cc2)cc1. The number of nitriles is 1. The molecule has 0 fully saturated rings. The maximum absolute atomic E-state index is 12.5. The van der Waals surface area contributed by atoms with Crippen LogP contribution in [-0.2, 0) is 16.4 Å². The Morgan fingerprint density at radius 2 is 1.73 bits per heavy atom. The highest BCUT2D eigenvalue weighted by molar-refractivity contribution is 7.89. The molecule has 1 aromatic heterocycles. The number of benzene rings is 3. The van der Waals surface area contributed by atoms with Crippen molar-refractivity contribution in [3.05, 3.63) is 88.9 Å². The van der Waals surface area contributed by atoms with Gasteiger partial charge in [0.15, 0.2) is 0 Å². The molecule has 0 radical (unpaired) electrons. The van der Waals surface area contributed by atoms with Gasteiger partial charge in [0, 0.05) is 30.6 Å². The van der Waals surface area contributed by atoms with Gasteiger partial charge in [-0.15, -0.1) is 11.3 Å². The molecule has 0 aliphatic rings. The van der Waals surface area contributed by atoms with E-state index in [0.29, 0.717) is 17.7 Å². The molecule has 4 rings (SSSR count). The van der Waals surface area contributed by atoms with Gasteiger partial charge in [-0.05, 0) is 54.1 Å². The van der Waals surface area contributed by atoms with E-state index in [1.54, 1.807) is 11.3 Å². The van der Waals surface area contributed by atoms with Crippen LogP contribution in [0.1, 0.15) is 27.3 Å². The Hall–Kier alpha value is -3.58. The Balaban J connectivity index is 1.37. The van der Waals surface area contributed by atoms with Crippen LogP contribution in [0.15, 0.2) is 77.7 Å². The Morgan fingerprint density at radius 3 is 2.42 bits per heavy atom. The fourth-order valence-electron chi connectivity index (χ4n) is 3.19. The van der Waals surface area contributed by atoms with Crippen LogP contribution in [0.25, 0.3) is 10.2 Å². The smallest absolute Gasteiger partial charge is 0.255 e. The highest BCUT2D eigenvalue weighted by Crippen LogP contribution is 2.24. The summed E-state index contributed by atoms with van der Waals surface area (Å²) in [6.45, 7) is 0.0377. The number of carbonyl (C=O) groups is 1. The van der Waals surface area contributed by atoms with Crippen molar-refractivity contribution >= 4 is 43.2 Å². The molecular weight excluding hydrogens is 456 g/mol. The maximum Gasteiger partial charge on any atom is 0.255 e. The number of nitrogens with one attached hydrogen (secondary N) is 2. The average Bonchev–Trinajstić information content (AvgIpc) is 3.23. The molecule has 0 aliphatic carbocycles. The monoisotopic (exact) mass is 476 g/mol. The minimum atomic E-state index is -3.71. The Labute approximate surface area is 195 Å². The molecule has 1 heterocycles. The maximum atomic E-state index is 12.5. The average molecular weight is 477 g/mol. The van der Waals surface area contributed by atoms with Crippen molar-refractivity contribution in [1.82, 2.24) is 9.71 Å². The van der Waals surface area contributed by atoms with E-state index in [-0.39, 0.29) is 23.8 Å². The molecular formula is C24H20N4O3S2. The zero-order valence-corrected chi connectivity index (χ0v) is 19.1. The molecule has 3 aromatic carbocycles. The fourth-order valence-corrected chi connectivity index (χ4v) is 5.22. The van der Waals surface area contributed by atoms with E-state index in [1.165, 1.54) is 24.3 Å². The quantitative estimate of drug-likeness (QED) is 0.368. The molecule has 0 aliphatic heterocycles. The standard InChI is InChI=1S/C24H20N4O3S2/c25-14-3-15-26-33(30,31)20-12-8-18(9-13-20)24(29)27-19-10-6-17(7-11-19)16-23-28-21-4-1-2-5-22(21)32-23/h1-2,4-13,26H,3,15-16H2,(H,27,29). The summed E-state index contributed by atoms with van der Waals surface area (Å²) in [6, 6.07) is 23.1. The van der Waals surface area contributed by atoms with Crippen molar-refractivity contribution in [2.45, 2.75) is 17.7 Å². The number of anilines is 1. The summed E-state index contributed by atoms with van der Waals surface area (Å²) in [5.74, 6) is -0.338. The number of aromatic nitrogens is 1. The molecule has 166 valence electrons. The number of carbonyl (C=O) groups excluding carboxylic acids is 1. The van der Waals surface area contributed by atoms with Crippen LogP contribution in [0.3, 0.4) is 0 Å². The van der Waals surface area contributed by atoms with Crippen LogP contribution in [0.4, 0.5) is 5.69 Å².